The molecule has 0 spiro atoms. The van der Waals surface area contributed by atoms with Gasteiger partial charge in [0.15, 0.2) is 0 Å². The third kappa shape index (κ3) is 5.04. The van der Waals surface area contributed by atoms with Crippen molar-refractivity contribution in [1.82, 2.24) is 4.90 Å². The summed E-state index contributed by atoms with van der Waals surface area (Å²) in [5.41, 5.74) is 0. The highest BCUT2D eigenvalue weighted by Gasteiger charge is 2.29. The van der Waals surface area contributed by atoms with Crippen LogP contribution in [0.25, 0.3) is 0 Å². The first kappa shape index (κ1) is 13.8. The molecule has 0 aromatic heterocycles. The number of amides is 1. The van der Waals surface area contributed by atoms with E-state index in [2.05, 4.69) is 10.8 Å². The number of alkyl halides is 3. The SMILES string of the molecule is N#CC1CCCN(C(=O)COCC(F)(F)F)C1. The number of nitrogens with zero attached hydrogens (tertiary/aromatic N) is 2. The van der Waals surface area contributed by atoms with Gasteiger partial charge >= 0.3 is 6.18 Å². The van der Waals surface area contributed by atoms with Crippen LogP contribution >= 0.6 is 0 Å². The Morgan fingerprint density at radius 2 is 2.24 bits per heavy atom. The van der Waals surface area contributed by atoms with Crippen molar-refractivity contribution in [2.45, 2.75) is 19.0 Å². The van der Waals surface area contributed by atoms with Crippen molar-refractivity contribution in [1.29, 1.82) is 5.26 Å². The minimum Gasteiger partial charge on any atom is -0.362 e. The van der Waals surface area contributed by atoms with Crippen LogP contribution < -0.4 is 0 Å². The van der Waals surface area contributed by atoms with E-state index in [1.165, 1.54) is 4.90 Å². The molecule has 0 bridgehead atoms. The Morgan fingerprint density at radius 3 is 2.82 bits per heavy atom. The Kier molecular flexibility index (Phi) is 4.75. The molecule has 1 aliphatic rings. The molecule has 7 heteroatoms. The Hall–Kier alpha value is -1.29. The molecule has 0 aliphatic carbocycles. The number of carbonyl (C=O) groups is 1. The predicted molar refractivity (Wildman–Crippen MR) is 51.8 cm³/mol. The highest BCUT2D eigenvalue weighted by Crippen LogP contribution is 2.17. The normalized spacial score (nSPS) is 21.1. The summed E-state index contributed by atoms with van der Waals surface area (Å²) in [7, 11) is 0. The Morgan fingerprint density at radius 1 is 1.53 bits per heavy atom. The fourth-order valence-electron chi connectivity index (χ4n) is 1.65. The summed E-state index contributed by atoms with van der Waals surface area (Å²) < 4.78 is 39.6. The van der Waals surface area contributed by atoms with E-state index in [4.69, 9.17) is 5.26 Å². The average Bonchev–Trinajstić information content (AvgIpc) is 2.27. The van der Waals surface area contributed by atoms with Crippen LogP contribution in [0.2, 0.25) is 0 Å². The monoisotopic (exact) mass is 250 g/mol. The van der Waals surface area contributed by atoms with E-state index in [0.29, 0.717) is 13.0 Å². The molecule has 96 valence electrons. The number of likely N-dealkylation sites (tertiary alicyclic amines) is 1. The lowest BCUT2D eigenvalue weighted by molar-refractivity contribution is -0.178. The van der Waals surface area contributed by atoms with Gasteiger partial charge in [0.1, 0.15) is 13.2 Å². The molecule has 1 unspecified atom stereocenters. The van der Waals surface area contributed by atoms with Crippen LogP contribution in [0, 0.1) is 17.2 Å². The molecule has 0 aromatic carbocycles. The summed E-state index contributed by atoms with van der Waals surface area (Å²) >= 11 is 0. The number of piperidine rings is 1. The third-order valence-corrected chi connectivity index (χ3v) is 2.45. The molecule has 0 saturated carbocycles. The molecular weight excluding hydrogens is 237 g/mol. The van der Waals surface area contributed by atoms with Crippen molar-refractivity contribution in [3.63, 3.8) is 0 Å². The third-order valence-electron chi connectivity index (χ3n) is 2.45. The van der Waals surface area contributed by atoms with Crippen molar-refractivity contribution in [3.8, 4) is 6.07 Å². The Bertz CT molecular complexity index is 312. The van der Waals surface area contributed by atoms with E-state index >= 15 is 0 Å². The van der Waals surface area contributed by atoms with E-state index in [9.17, 15) is 18.0 Å². The zero-order valence-electron chi connectivity index (χ0n) is 9.16. The van der Waals surface area contributed by atoms with Crippen LogP contribution in [0.5, 0.6) is 0 Å². The van der Waals surface area contributed by atoms with Gasteiger partial charge in [0, 0.05) is 13.1 Å². The Balaban J connectivity index is 2.30. The van der Waals surface area contributed by atoms with Crippen molar-refractivity contribution in [2.24, 2.45) is 5.92 Å². The van der Waals surface area contributed by atoms with E-state index in [0.717, 1.165) is 6.42 Å². The van der Waals surface area contributed by atoms with Gasteiger partial charge in [-0.2, -0.15) is 18.4 Å². The first-order valence-corrected chi connectivity index (χ1v) is 5.24. The molecular formula is C10H13F3N2O2. The summed E-state index contributed by atoms with van der Waals surface area (Å²) in [4.78, 5) is 12.9. The molecule has 0 N–H and O–H groups in total. The van der Waals surface area contributed by atoms with Gasteiger partial charge in [-0.25, -0.2) is 0 Å². The van der Waals surface area contributed by atoms with Gasteiger partial charge in [-0.15, -0.1) is 0 Å². The van der Waals surface area contributed by atoms with Crippen LogP contribution in [-0.2, 0) is 9.53 Å². The summed E-state index contributed by atoms with van der Waals surface area (Å²) in [5.74, 6) is -0.718. The topological polar surface area (TPSA) is 53.3 Å². The summed E-state index contributed by atoms with van der Waals surface area (Å²) in [6.07, 6.45) is -3.00. The lowest BCUT2D eigenvalue weighted by Gasteiger charge is -2.29. The second-order valence-electron chi connectivity index (χ2n) is 3.92. The molecule has 1 aliphatic heterocycles. The molecule has 1 heterocycles. The number of hydrogen-bond acceptors (Lipinski definition) is 3. The smallest absolute Gasteiger partial charge is 0.362 e. The lowest BCUT2D eigenvalue weighted by Crippen LogP contribution is -2.41. The molecule has 1 rings (SSSR count). The molecule has 0 aromatic rings. The zero-order valence-corrected chi connectivity index (χ0v) is 9.16. The van der Waals surface area contributed by atoms with Gasteiger partial charge in [-0.05, 0) is 12.8 Å². The van der Waals surface area contributed by atoms with Gasteiger partial charge in [0.05, 0.1) is 12.0 Å². The minimum absolute atomic E-state index is 0.227. The maximum Gasteiger partial charge on any atom is 0.411 e. The second-order valence-corrected chi connectivity index (χ2v) is 3.92. The molecule has 17 heavy (non-hydrogen) atoms. The molecule has 1 fully saturated rings. The van der Waals surface area contributed by atoms with E-state index in [1.807, 2.05) is 0 Å². The first-order valence-electron chi connectivity index (χ1n) is 5.24. The van der Waals surface area contributed by atoms with Crippen LogP contribution in [0.4, 0.5) is 13.2 Å². The van der Waals surface area contributed by atoms with Gasteiger partial charge in [0.2, 0.25) is 5.91 Å². The van der Waals surface area contributed by atoms with Crippen LogP contribution in [-0.4, -0.2) is 43.3 Å². The maximum atomic E-state index is 11.8. The van der Waals surface area contributed by atoms with Crippen molar-refractivity contribution >= 4 is 5.91 Å². The van der Waals surface area contributed by atoms with Crippen molar-refractivity contribution in [2.75, 3.05) is 26.3 Å². The number of nitriles is 1. The number of rotatable bonds is 3. The second kappa shape index (κ2) is 5.87. The Labute approximate surface area is 96.9 Å². The van der Waals surface area contributed by atoms with Crippen LogP contribution in [0.3, 0.4) is 0 Å². The predicted octanol–water partition coefficient (Wildman–Crippen LogP) is 1.33. The highest BCUT2D eigenvalue weighted by atomic mass is 19.4. The van der Waals surface area contributed by atoms with Crippen LogP contribution in [0.1, 0.15) is 12.8 Å². The highest BCUT2D eigenvalue weighted by molar-refractivity contribution is 5.77. The van der Waals surface area contributed by atoms with Crippen molar-refractivity contribution < 1.29 is 22.7 Å². The number of hydrogen-bond donors (Lipinski definition) is 0. The number of halogens is 3. The zero-order chi connectivity index (χ0) is 12.9. The standard InChI is InChI=1S/C10H13F3N2O2/c11-10(12,13)7-17-6-9(16)15-3-1-2-8(4-14)5-15/h8H,1-3,5-7H2. The van der Waals surface area contributed by atoms with Gasteiger partial charge in [-0.1, -0.05) is 0 Å². The van der Waals surface area contributed by atoms with Gasteiger partial charge in [-0.3, -0.25) is 4.79 Å². The first-order chi connectivity index (χ1) is 7.92. The van der Waals surface area contributed by atoms with Crippen molar-refractivity contribution in [3.05, 3.63) is 0 Å². The van der Waals surface area contributed by atoms with Gasteiger partial charge in [0.25, 0.3) is 0 Å². The average molecular weight is 250 g/mol. The summed E-state index contributed by atoms with van der Waals surface area (Å²) in [5, 5.41) is 8.71. The fraction of sp³-hybridized carbons (Fsp3) is 0.800. The lowest BCUT2D eigenvalue weighted by atomic mass is 10.00. The van der Waals surface area contributed by atoms with Crippen LogP contribution in [0.15, 0.2) is 0 Å². The molecule has 1 amide bonds. The van der Waals surface area contributed by atoms with Gasteiger partial charge < -0.3 is 9.64 Å². The van der Waals surface area contributed by atoms with E-state index in [1.54, 1.807) is 0 Å². The largest absolute Gasteiger partial charge is 0.411 e. The van der Waals surface area contributed by atoms with E-state index < -0.39 is 25.3 Å². The molecule has 4 nitrogen and oxygen atoms in total. The van der Waals surface area contributed by atoms with E-state index in [-0.39, 0.29) is 12.5 Å². The number of ether oxygens (including phenoxy) is 1. The molecule has 0 radical (unpaired) electrons. The summed E-state index contributed by atoms with van der Waals surface area (Å²) in [6, 6.07) is 2.05. The maximum absolute atomic E-state index is 11.8. The quantitative estimate of drug-likeness (QED) is 0.759. The summed E-state index contributed by atoms with van der Waals surface area (Å²) in [6.45, 7) is -1.25. The fourth-order valence-corrected chi connectivity index (χ4v) is 1.65. The number of carbonyl (C=O) groups excluding carboxylic acids is 1. The molecule has 1 atom stereocenters. The molecule has 1 saturated heterocycles. The minimum atomic E-state index is -4.42.